The van der Waals surface area contributed by atoms with E-state index in [1.807, 2.05) is 0 Å². The van der Waals surface area contributed by atoms with Gasteiger partial charge in [-0.25, -0.2) is 9.07 Å². The van der Waals surface area contributed by atoms with Crippen LogP contribution in [0.4, 0.5) is 4.39 Å². The number of rotatable bonds is 2. The first kappa shape index (κ1) is 13.4. The Bertz CT molecular complexity index is 909. The summed E-state index contributed by atoms with van der Waals surface area (Å²) in [5, 5.41) is 9.55. The van der Waals surface area contributed by atoms with Crippen molar-refractivity contribution in [2.24, 2.45) is 7.05 Å². The molecule has 21 heavy (non-hydrogen) atoms. The molecule has 8 heteroatoms. The average Bonchev–Trinajstić information content (AvgIpc) is 2.89. The predicted molar refractivity (Wildman–Crippen MR) is 77.6 cm³/mol. The van der Waals surface area contributed by atoms with Crippen molar-refractivity contribution in [1.29, 1.82) is 0 Å². The van der Waals surface area contributed by atoms with E-state index >= 15 is 0 Å². The lowest BCUT2D eigenvalue weighted by atomic mass is 10.1. The number of H-pyrrole nitrogens is 2. The third-order valence-corrected chi connectivity index (χ3v) is 3.15. The van der Waals surface area contributed by atoms with Crippen molar-refractivity contribution in [3.05, 3.63) is 51.3 Å². The Balaban J connectivity index is 2.20. The van der Waals surface area contributed by atoms with Gasteiger partial charge in [0.15, 0.2) is 5.82 Å². The summed E-state index contributed by atoms with van der Waals surface area (Å²) in [6.45, 7) is 0. The molecule has 106 valence electrons. The number of aromatic nitrogens is 5. The summed E-state index contributed by atoms with van der Waals surface area (Å²) in [5.74, 6) is 0.00605. The van der Waals surface area contributed by atoms with E-state index in [1.54, 1.807) is 25.2 Å². The first-order valence-corrected chi connectivity index (χ1v) is 6.45. The van der Waals surface area contributed by atoms with E-state index in [9.17, 15) is 9.18 Å². The lowest BCUT2D eigenvalue weighted by molar-refractivity contribution is 0.628. The van der Waals surface area contributed by atoms with Crippen LogP contribution in [0.2, 0.25) is 0 Å². The Kier molecular flexibility index (Phi) is 3.22. The fourth-order valence-electron chi connectivity index (χ4n) is 1.94. The second kappa shape index (κ2) is 5.06. The summed E-state index contributed by atoms with van der Waals surface area (Å²) in [5.41, 5.74) is 1.26. The van der Waals surface area contributed by atoms with Crippen LogP contribution in [-0.2, 0) is 7.05 Å². The molecular formula is C13H10FN5OS. The van der Waals surface area contributed by atoms with Crippen LogP contribution >= 0.6 is 12.2 Å². The van der Waals surface area contributed by atoms with Gasteiger partial charge in [0.2, 0.25) is 4.77 Å². The molecule has 0 aliphatic rings. The van der Waals surface area contributed by atoms with Crippen LogP contribution in [0, 0.1) is 10.6 Å². The lowest BCUT2D eigenvalue weighted by Gasteiger charge is -2.06. The van der Waals surface area contributed by atoms with E-state index in [1.165, 1.54) is 16.8 Å². The fourth-order valence-corrected chi connectivity index (χ4v) is 2.08. The Morgan fingerprint density at radius 2 is 1.95 bits per heavy atom. The van der Waals surface area contributed by atoms with E-state index < -0.39 is 0 Å². The monoisotopic (exact) mass is 303 g/mol. The van der Waals surface area contributed by atoms with E-state index in [-0.39, 0.29) is 16.1 Å². The zero-order valence-corrected chi connectivity index (χ0v) is 11.7. The third kappa shape index (κ3) is 2.52. The summed E-state index contributed by atoms with van der Waals surface area (Å²) in [6, 6.07) is 7.46. The summed E-state index contributed by atoms with van der Waals surface area (Å²) in [6.07, 6.45) is 0. The largest absolute Gasteiger partial charge is 0.281 e. The number of hydrogen-bond donors (Lipinski definition) is 2. The predicted octanol–water partition coefficient (Wildman–Crippen LogP) is 2.03. The minimum atomic E-state index is -0.333. The van der Waals surface area contributed by atoms with Gasteiger partial charge in [-0.05, 0) is 42.5 Å². The second-order valence-electron chi connectivity index (χ2n) is 4.39. The summed E-state index contributed by atoms with van der Waals surface area (Å²) in [4.78, 5) is 16.2. The number of aromatic amines is 2. The van der Waals surface area contributed by atoms with Crippen LogP contribution in [0.1, 0.15) is 0 Å². The summed E-state index contributed by atoms with van der Waals surface area (Å²) < 4.78 is 14.5. The van der Waals surface area contributed by atoms with Crippen molar-refractivity contribution in [2.45, 2.75) is 0 Å². The first-order valence-electron chi connectivity index (χ1n) is 6.04. The normalized spacial score (nSPS) is 10.8. The summed E-state index contributed by atoms with van der Waals surface area (Å²) in [7, 11) is 1.54. The van der Waals surface area contributed by atoms with Crippen molar-refractivity contribution >= 4 is 12.2 Å². The highest BCUT2D eigenvalue weighted by atomic mass is 32.1. The molecule has 0 bridgehead atoms. The van der Waals surface area contributed by atoms with Gasteiger partial charge in [-0.3, -0.25) is 15.0 Å². The molecular weight excluding hydrogens is 293 g/mol. The molecule has 0 spiro atoms. The van der Waals surface area contributed by atoms with Crippen LogP contribution in [0.15, 0.2) is 35.1 Å². The Morgan fingerprint density at radius 3 is 2.57 bits per heavy atom. The number of nitrogens with zero attached hydrogens (tertiary/aromatic N) is 3. The van der Waals surface area contributed by atoms with Crippen molar-refractivity contribution in [3.8, 4) is 22.6 Å². The molecule has 0 amide bonds. The second-order valence-corrected chi connectivity index (χ2v) is 4.78. The number of hydrogen-bond acceptors (Lipinski definition) is 4. The van der Waals surface area contributed by atoms with Gasteiger partial charge in [-0.1, -0.05) is 0 Å². The van der Waals surface area contributed by atoms with Crippen molar-refractivity contribution in [2.75, 3.05) is 0 Å². The van der Waals surface area contributed by atoms with Gasteiger partial charge < -0.3 is 0 Å². The highest BCUT2D eigenvalue weighted by molar-refractivity contribution is 7.71. The SMILES string of the molecule is Cn1nc(-c2ccc(F)cc2)cc(-c2nc(=S)[nH][nH]2)c1=O. The van der Waals surface area contributed by atoms with Gasteiger partial charge in [-0.2, -0.15) is 10.1 Å². The molecule has 1 aromatic carbocycles. The molecule has 2 N–H and O–H groups in total. The van der Waals surface area contributed by atoms with Crippen molar-refractivity contribution < 1.29 is 4.39 Å². The molecule has 2 aromatic heterocycles. The molecule has 0 aliphatic carbocycles. The number of nitrogens with one attached hydrogen (secondary N) is 2. The quantitative estimate of drug-likeness (QED) is 0.710. The molecule has 6 nitrogen and oxygen atoms in total. The molecule has 0 aliphatic heterocycles. The number of aryl methyl sites for hydroxylation is 1. The topological polar surface area (TPSA) is 79.4 Å². The van der Waals surface area contributed by atoms with Crippen LogP contribution < -0.4 is 5.56 Å². The van der Waals surface area contributed by atoms with Crippen LogP contribution in [0.3, 0.4) is 0 Å². The van der Waals surface area contributed by atoms with Gasteiger partial charge in [0, 0.05) is 12.6 Å². The van der Waals surface area contributed by atoms with Gasteiger partial charge >= 0.3 is 0 Å². The van der Waals surface area contributed by atoms with Gasteiger partial charge in [0.05, 0.1) is 11.3 Å². The molecule has 0 radical (unpaired) electrons. The first-order chi connectivity index (χ1) is 10.0. The highest BCUT2D eigenvalue weighted by Gasteiger charge is 2.12. The highest BCUT2D eigenvalue weighted by Crippen LogP contribution is 2.19. The van der Waals surface area contributed by atoms with E-state index in [0.29, 0.717) is 22.6 Å². The van der Waals surface area contributed by atoms with Gasteiger partial charge in [0.25, 0.3) is 5.56 Å². The molecule has 0 saturated heterocycles. The zero-order valence-electron chi connectivity index (χ0n) is 10.9. The van der Waals surface area contributed by atoms with E-state index in [4.69, 9.17) is 12.2 Å². The standard InChI is InChI=1S/C13H10FN5OS/c1-19-12(20)9(11-15-13(21)17-16-11)6-10(18-19)7-2-4-8(14)5-3-7/h2-6H,1H3,(H2,15,16,17,21). The lowest BCUT2D eigenvalue weighted by Crippen LogP contribution is -2.22. The maximum atomic E-state index is 13.0. The Hall–Kier alpha value is -2.61. The van der Waals surface area contributed by atoms with Crippen LogP contribution in [0.5, 0.6) is 0 Å². The third-order valence-electron chi connectivity index (χ3n) is 2.96. The van der Waals surface area contributed by atoms with Crippen molar-refractivity contribution in [3.63, 3.8) is 0 Å². The van der Waals surface area contributed by atoms with E-state index in [0.717, 1.165) is 0 Å². The Morgan fingerprint density at radius 1 is 1.24 bits per heavy atom. The molecule has 2 heterocycles. The molecule has 0 fully saturated rings. The smallest absolute Gasteiger partial charge is 0.277 e. The average molecular weight is 303 g/mol. The number of benzene rings is 1. The molecule has 3 aromatic rings. The zero-order chi connectivity index (χ0) is 15.0. The maximum Gasteiger partial charge on any atom is 0.277 e. The van der Waals surface area contributed by atoms with Gasteiger partial charge in [0.1, 0.15) is 5.82 Å². The molecule has 0 unspecified atom stereocenters. The van der Waals surface area contributed by atoms with Crippen molar-refractivity contribution in [1.82, 2.24) is 25.0 Å². The molecule has 0 atom stereocenters. The maximum absolute atomic E-state index is 13.0. The molecule has 0 saturated carbocycles. The fraction of sp³-hybridized carbons (Fsp3) is 0.0769. The van der Waals surface area contributed by atoms with E-state index in [2.05, 4.69) is 20.3 Å². The molecule has 3 rings (SSSR count). The number of halogens is 1. The van der Waals surface area contributed by atoms with Crippen LogP contribution in [-0.4, -0.2) is 25.0 Å². The Labute approximate surface area is 123 Å². The minimum absolute atomic E-state index is 0.257. The summed E-state index contributed by atoms with van der Waals surface area (Å²) >= 11 is 4.89. The van der Waals surface area contributed by atoms with Crippen LogP contribution in [0.25, 0.3) is 22.6 Å². The minimum Gasteiger partial charge on any atom is -0.281 e. The van der Waals surface area contributed by atoms with Gasteiger partial charge in [-0.15, -0.1) is 0 Å².